The molecule has 0 unspecified atom stereocenters. The van der Waals surface area contributed by atoms with Gasteiger partial charge in [0.05, 0.1) is 0 Å². The molecule has 0 saturated carbocycles. The van der Waals surface area contributed by atoms with Gasteiger partial charge in [-0.3, -0.25) is 4.79 Å². The van der Waals surface area contributed by atoms with E-state index in [4.69, 9.17) is 10.2 Å². The molecule has 0 heterocycles. The molecule has 0 spiro atoms. The van der Waals surface area contributed by atoms with Crippen molar-refractivity contribution in [2.45, 2.75) is 118 Å². The third-order valence-electron chi connectivity index (χ3n) is 3.77. The van der Waals surface area contributed by atoms with Gasteiger partial charge in [-0.1, -0.05) is 81.4 Å². The van der Waals surface area contributed by atoms with Crippen LogP contribution in [0.2, 0.25) is 0 Å². The highest BCUT2D eigenvalue weighted by atomic mass is 16.4. The van der Waals surface area contributed by atoms with Crippen LogP contribution in [0.1, 0.15) is 118 Å². The molecule has 0 amide bonds. The quantitative estimate of drug-likeness (QED) is 0.148. The van der Waals surface area contributed by atoms with Gasteiger partial charge in [0.1, 0.15) is 0 Å². The van der Waals surface area contributed by atoms with E-state index in [1.165, 1.54) is 68.6 Å². The van der Waals surface area contributed by atoms with Crippen LogP contribution in [0.25, 0.3) is 0 Å². The highest BCUT2D eigenvalue weighted by Crippen LogP contribution is 2.13. The van der Waals surface area contributed by atoms with Crippen LogP contribution in [0.5, 0.6) is 0 Å². The lowest BCUT2D eigenvalue weighted by Crippen LogP contribution is -1.93. The number of hydrogen-bond acceptors (Lipinski definition) is 2. The number of allylic oxidation sites excluding steroid dienone is 3. The highest BCUT2D eigenvalue weighted by Gasteiger charge is 1.97. The summed E-state index contributed by atoms with van der Waals surface area (Å²) in [5.74, 6) is -1.54. The summed E-state index contributed by atoms with van der Waals surface area (Å²) in [6.07, 6.45) is 18.4. The van der Waals surface area contributed by atoms with Gasteiger partial charge in [0.25, 0.3) is 0 Å². The number of aliphatic carboxylic acids is 2. The number of hydrogen-bond donors (Lipinski definition) is 2. The fourth-order valence-corrected chi connectivity index (χ4v) is 2.49. The molecule has 176 valence electrons. The highest BCUT2D eigenvalue weighted by molar-refractivity contribution is 5.79. The molecule has 0 aromatic heterocycles. The molecule has 30 heavy (non-hydrogen) atoms. The molecule has 4 nitrogen and oxygen atoms in total. The zero-order valence-electron chi connectivity index (χ0n) is 20.2. The lowest BCUT2D eigenvalue weighted by Gasteiger charge is -2.02. The first-order chi connectivity index (χ1) is 14.1. The Morgan fingerprint density at radius 2 is 0.933 bits per heavy atom. The van der Waals surface area contributed by atoms with Gasteiger partial charge in [-0.25, -0.2) is 4.79 Å². The van der Waals surface area contributed by atoms with Crippen molar-refractivity contribution >= 4 is 11.9 Å². The predicted molar refractivity (Wildman–Crippen MR) is 130 cm³/mol. The van der Waals surface area contributed by atoms with Crippen LogP contribution in [-0.2, 0) is 9.59 Å². The largest absolute Gasteiger partial charge is 0.481 e. The summed E-state index contributed by atoms with van der Waals surface area (Å²) in [5, 5.41) is 16.9. The van der Waals surface area contributed by atoms with Crippen molar-refractivity contribution in [2.24, 2.45) is 0 Å². The maximum absolute atomic E-state index is 10.3. The summed E-state index contributed by atoms with van der Waals surface area (Å²) >= 11 is 0. The second-order valence-corrected chi connectivity index (χ2v) is 8.33. The van der Waals surface area contributed by atoms with Crippen LogP contribution in [0.15, 0.2) is 36.5 Å². The minimum Gasteiger partial charge on any atom is -0.481 e. The van der Waals surface area contributed by atoms with Crippen molar-refractivity contribution < 1.29 is 19.8 Å². The first-order valence-corrected chi connectivity index (χ1v) is 11.4. The van der Waals surface area contributed by atoms with E-state index >= 15 is 0 Å². The van der Waals surface area contributed by atoms with Crippen LogP contribution in [0.3, 0.4) is 0 Å². The van der Waals surface area contributed by atoms with E-state index in [1.54, 1.807) is 6.08 Å². The van der Waals surface area contributed by atoms with Crippen molar-refractivity contribution in [3.8, 4) is 0 Å². The summed E-state index contributed by atoms with van der Waals surface area (Å²) in [5.41, 5.74) is 2.33. The smallest absolute Gasteiger partial charge is 0.327 e. The molecule has 0 aliphatic rings. The van der Waals surface area contributed by atoms with Gasteiger partial charge >= 0.3 is 11.9 Å². The molecular formula is C26H48O4. The molecule has 4 heteroatoms. The molecule has 0 aromatic carbocycles. The SMILES string of the molecule is C=C(C)C.C=C(C)C.O=C(O)C=CCCCCCCCCCCCCCCC(=O)O. The molecule has 0 aliphatic carbocycles. The summed E-state index contributed by atoms with van der Waals surface area (Å²) in [7, 11) is 0. The summed E-state index contributed by atoms with van der Waals surface area (Å²) < 4.78 is 0. The Morgan fingerprint density at radius 1 is 0.633 bits per heavy atom. The lowest BCUT2D eigenvalue weighted by atomic mass is 10.0. The van der Waals surface area contributed by atoms with E-state index in [9.17, 15) is 9.59 Å². The molecule has 0 atom stereocenters. The summed E-state index contributed by atoms with van der Waals surface area (Å²) in [4.78, 5) is 20.6. The Kier molecular flexibility index (Phi) is 29.7. The van der Waals surface area contributed by atoms with E-state index < -0.39 is 11.9 Å². The Labute approximate surface area is 186 Å². The monoisotopic (exact) mass is 424 g/mol. The fourth-order valence-electron chi connectivity index (χ4n) is 2.49. The molecule has 2 N–H and O–H groups in total. The Hall–Kier alpha value is -1.84. The fraction of sp³-hybridized carbons (Fsp3) is 0.692. The zero-order chi connectivity index (χ0) is 23.6. The van der Waals surface area contributed by atoms with Crippen LogP contribution in [-0.4, -0.2) is 22.2 Å². The van der Waals surface area contributed by atoms with Crippen molar-refractivity contribution in [3.05, 3.63) is 36.5 Å². The average molecular weight is 425 g/mol. The number of carboxylic acids is 2. The van der Waals surface area contributed by atoms with E-state index in [0.29, 0.717) is 6.42 Å². The van der Waals surface area contributed by atoms with Crippen molar-refractivity contribution in [3.63, 3.8) is 0 Å². The number of rotatable bonds is 16. The van der Waals surface area contributed by atoms with Crippen LogP contribution in [0, 0.1) is 0 Å². The van der Waals surface area contributed by atoms with Gasteiger partial charge < -0.3 is 10.2 Å². The molecule has 0 aliphatic heterocycles. The average Bonchev–Trinajstić information content (AvgIpc) is 2.60. The topological polar surface area (TPSA) is 74.6 Å². The van der Waals surface area contributed by atoms with E-state index in [0.717, 1.165) is 32.1 Å². The van der Waals surface area contributed by atoms with Crippen molar-refractivity contribution in [1.29, 1.82) is 0 Å². The summed E-state index contributed by atoms with van der Waals surface area (Å²) in [6.45, 7) is 15.0. The second kappa shape index (κ2) is 27.2. The van der Waals surface area contributed by atoms with Gasteiger partial charge in [-0.15, -0.1) is 13.2 Å². The minimum atomic E-state index is -0.859. The Bertz CT molecular complexity index is 444. The normalized spacial score (nSPS) is 9.87. The lowest BCUT2D eigenvalue weighted by molar-refractivity contribution is -0.137. The molecule has 0 saturated heterocycles. The third-order valence-corrected chi connectivity index (χ3v) is 3.77. The van der Waals surface area contributed by atoms with Gasteiger partial charge in [0.15, 0.2) is 0 Å². The van der Waals surface area contributed by atoms with E-state index in [-0.39, 0.29) is 0 Å². The second-order valence-electron chi connectivity index (χ2n) is 8.33. The number of unbranched alkanes of at least 4 members (excludes halogenated alkanes) is 12. The Balaban J connectivity index is -0.000000771. The van der Waals surface area contributed by atoms with Crippen LogP contribution >= 0.6 is 0 Å². The molecular weight excluding hydrogens is 376 g/mol. The molecule has 0 aromatic rings. The van der Waals surface area contributed by atoms with Gasteiger partial charge in [-0.2, -0.15) is 0 Å². The molecule has 0 radical (unpaired) electrons. The van der Waals surface area contributed by atoms with E-state index in [1.807, 2.05) is 27.7 Å². The predicted octanol–water partition coefficient (Wildman–Crippen LogP) is 8.34. The molecule has 0 bridgehead atoms. The minimum absolute atomic E-state index is 0.312. The van der Waals surface area contributed by atoms with Gasteiger partial charge in [0.2, 0.25) is 0 Å². The molecule has 0 rings (SSSR count). The third kappa shape index (κ3) is 56.2. The van der Waals surface area contributed by atoms with Gasteiger partial charge in [-0.05, 0) is 47.0 Å². The zero-order valence-corrected chi connectivity index (χ0v) is 20.2. The Morgan fingerprint density at radius 3 is 1.23 bits per heavy atom. The van der Waals surface area contributed by atoms with E-state index in [2.05, 4.69) is 13.2 Å². The first kappa shape index (κ1) is 32.8. The maximum Gasteiger partial charge on any atom is 0.327 e. The first-order valence-electron chi connectivity index (χ1n) is 11.4. The van der Waals surface area contributed by atoms with Crippen LogP contribution in [0.4, 0.5) is 0 Å². The summed E-state index contributed by atoms with van der Waals surface area (Å²) in [6, 6.07) is 0. The van der Waals surface area contributed by atoms with Crippen molar-refractivity contribution in [2.75, 3.05) is 0 Å². The molecule has 0 fully saturated rings. The number of carbonyl (C=O) groups is 2. The van der Waals surface area contributed by atoms with Gasteiger partial charge in [0, 0.05) is 12.5 Å². The van der Waals surface area contributed by atoms with Crippen molar-refractivity contribution in [1.82, 2.24) is 0 Å². The van der Waals surface area contributed by atoms with Crippen LogP contribution < -0.4 is 0 Å². The standard InChI is InChI=1S/C18H32O4.2C4H8/c19-17(20)15-13-11-9-7-5-3-1-2-4-6-8-10-12-14-16-18(21)22;2*1-4(2)3/h13,15H,1-12,14,16H2,(H,19,20)(H,21,22);2*1H2,2-3H3. The maximum atomic E-state index is 10.3. The number of carboxylic acid groups (broad SMARTS) is 2.